The third-order valence-electron chi connectivity index (χ3n) is 2.74. The molecule has 0 fully saturated rings. The van der Waals surface area contributed by atoms with Crippen molar-refractivity contribution >= 4 is 17.8 Å². The van der Waals surface area contributed by atoms with Crippen LogP contribution in [-0.2, 0) is 9.59 Å². The van der Waals surface area contributed by atoms with E-state index in [0.29, 0.717) is 0 Å². The van der Waals surface area contributed by atoms with Crippen LogP contribution in [0.4, 0.5) is 0 Å². The van der Waals surface area contributed by atoms with Crippen LogP contribution in [0.2, 0.25) is 0 Å². The Bertz CT molecular complexity index is 540. The molecule has 0 saturated heterocycles. The lowest BCUT2D eigenvalue weighted by atomic mass is 10.2. The largest absolute Gasteiger partial charge is 0.480 e. The molecule has 9 nitrogen and oxygen atoms in total. The SMILES string of the molecule is CC(NC(=O)C(C)NC(=O)c1cn(C(C)C)nn1)C(=O)O. The molecule has 0 saturated carbocycles. The Morgan fingerprint density at radius 3 is 2.24 bits per heavy atom. The van der Waals surface area contributed by atoms with Gasteiger partial charge >= 0.3 is 5.97 Å². The minimum Gasteiger partial charge on any atom is -0.480 e. The van der Waals surface area contributed by atoms with Gasteiger partial charge in [0.1, 0.15) is 12.1 Å². The van der Waals surface area contributed by atoms with E-state index in [4.69, 9.17) is 5.11 Å². The highest BCUT2D eigenvalue weighted by molar-refractivity contribution is 5.96. The summed E-state index contributed by atoms with van der Waals surface area (Å²) in [6, 6.07) is -1.85. The lowest BCUT2D eigenvalue weighted by molar-refractivity contribution is -0.141. The Morgan fingerprint density at radius 1 is 1.14 bits per heavy atom. The van der Waals surface area contributed by atoms with Crippen LogP contribution < -0.4 is 10.6 Å². The van der Waals surface area contributed by atoms with Crippen LogP contribution in [0, 0.1) is 0 Å². The van der Waals surface area contributed by atoms with Crippen molar-refractivity contribution in [3.05, 3.63) is 11.9 Å². The molecule has 0 radical (unpaired) electrons. The van der Waals surface area contributed by atoms with Crippen LogP contribution in [0.1, 0.15) is 44.2 Å². The highest BCUT2D eigenvalue weighted by Crippen LogP contribution is 2.02. The number of carbonyl (C=O) groups is 3. The van der Waals surface area contributed by atoms with Gasteiger partial charge in [-0.3, -0.25) is 14.4 Å². The molecule has 1 aromatic heterocycles. The molecule has 116 valence electrons. The molecule has 2 amide bonds. The molecule has 1 rings (SSSR count). The first-order valence-corrected chi connectivity index (χ1v) is 6.48. The number of amides is 2. The molecule has 9 heteroatoms. The summed E-state index contributed by atoms with van der Waals surface area (Å²) in [5, 5.41) is 20.9. The zero-order valence-electron chi connectivity index (χ0n) is 12.3. The van der Waals surface area contributed by atoms with Gasteiger partial charge in [0.25, 0.3) is 5.91 Å². The summed E-state index contributed by atoms with van der Waals surface area (Å²) in [5.41, 5.74) is 0.0923. The molecular weight excluding hydrogens is 278 g/mol. The molecule has 0 aliphatic carbocycles. The van der Waals surface area contributed by atoms with Gasteiger partial charge in [0, 0.05) is 6.04 Å². The van der Waals surface area contributed by atoms with Gasteiger partial charge in [0.15, 0.2) is 5.69 Å². The first kappa shape index (κ1) is 16.6. The molecule has 0 spiro atoms. The van der Waals surface area contributed by atoms with Gasteiger partial charge in [-0.05, 0) is 27.7 Å². The summed E-state index contributed by atoms with van der Waals surface area (Å²) in [6.45, 7) is 6.57. The van der Waals surface area contributed by atoms with Crippen molar-refractivity contribution in [1.29, 1.82) is 0 Å². The van der Waals surface area contributed by atoms with E-state index in [9.17, 15) is 14.4 Å². The van der Waals surface area contributed by atoms with E-state index in [2.05, 4.69) is 20.9 Å². The van der Waals surface area contributed by atoms with Crippen LogP contribution in [0.25, 0.3) is 0 Å². The third kappa shape index (κ3) is 4.55. The Hall–Kier alpha value is -2.45. The summed E-state index contributed by atoms with van der Waals surface area (Å²) in [7, 11) is 0. The minimum absolute atomic E-state index is 0.0659. The molecule has 2 unspecified atom stereocenters. The number of hydrogen-bond acceptors (Lipinski definition) is 5. The monoisotopic (exact) mass is 297 g/mol. The van der Waals surface area contributed by atoms with Crippen molar-refractivity contribution in [3.8, 4) is 0 Å². The van der Waals surface area contributed by atoms with E-state index in [1.165, 1.54) is 24.7 Å². The number of rotatable bonds is 6. The average Bonchev–Trinajstić information content (AvgIpc) is 2.87. The third-order valence-corrected chi connectivity index (χ3v) is 2.74. The predicted octanol–water partition coefficient (Wildman–Crippen LogP) is -0.433. The first-order valence-electron chi connectivity index (χ1n) is 6.48. The van der Waals surface area contributed by atoms with Crippen molar-refractivity contribution in [1.82, 2.24) is 25.6 Å². The quantitative estimate of drug-likeness (QED) is 0.654. The highest BCUT2D eigenvalue weighted by atomic mass is 16.4. The molecule has 0 aliphatic heterocycles. The second kappa shape index (κ2) is 6.82. The summed E-state index contributed by atoms with van der Waals surface area (Å²) in [6.07, 6.45) is 1.48. The number of aliphatic carboxylic acids is 1. The van der Waals surface area contributed by atoms with Crippen LogP contribution in [0.5, 0.6) is 0 Å². The smallest absolute Gasteiger partial charge is 0.325 e. The number of hydrogen-bond donors (Lipinski definition) is 3. The maximum absolute atomic E-state index is 11.9. The number of nitrogens with one attached hydrogen (secondary N) is 2. The van der Waals surface area contributed by atoms with Gasteiger partial charge in [-0.25, -0.2) is 4.68 Å². The zero-order chi connectivity index (χ0) is 16.2. The Labute approximate surface area is 121 Å². The standard InChI is InChI=1S/C12H19N5O4/c1-6(2)17-5-9(15-16-17)11(19)13-7(3)10(18)14-8(4)12(20)21/h5-8H,1-4H3,(H,13,19)(H,14,18)(H,20,21). The number of carboxylic acids is 1. The second-order valence-corrected chi connectivity index (χ2v) is 4.94. The highest BCUT2D eigenvalue weighted by Gasteiger charge is 2.22. The van der Waals surface area contributed by atoms with Gasteiger partial charge in [-0.1, -0.05) is 5.21 Å². The lowest BCUT2D eigenvalue weighted by Crippen LogP contribution is -2.49. The molecule has 3 N–H and O–H groups in total. The molecule has 2 atom stereocenters. The Kier molecular flexibility index (Phi) is 5.39. The summed E-state index contributed by atoms with van der Waals surface area (Å²) < 4.78 is 1.52. The van der Waals surface area contributed by atoms with E-state index in [0.717, 1.165) is 0 Å². The van der Waals surface area contributed by atoms with Crippen molar-refractivity contribution in [2.24, 2.45) is 0 Å². The Balaban J connectivity index is 2.60. The van der Waals surface area contributed by atoms with Gasteiger partial charge in [-0.2, -0.15) is 0 Å². The molecular formula is C12H19N5O4. The van der Waals surface area contributed by atoms with Gasteiger partial charge in [-0.15, -0.1) is 5.10 Å². The fraction of sp³-hybridized carbons (Fsp3) is 0.583. The van der Waals surface area contributed by atoms with Gasteiger partial charge < -0.3 is 15.7 Å². The maximum Gasteiger partial charge on any atom is 0.325 e. The molecule has 1 aromatic rings. The normalized spacial score (nSPS) is 13.6. The number of nitrogens with zero attached hydrogens (tertiary/aromatic N) is 3. The zero-order valence-corrected chi connectivity index (χ0v) is 12.3. The van der Waals surface area contributed by atoms with E-state index in [1.54, 1.807) is 0 Å². The van der Waals surface area contributed by atoms with E-state index in [1.807, 2.05) is 13.8 Å². The van der Waals surface area contributed by atoms with Crippen molar-refractivity contribution in [3.63, 3.8) is 0 Å². The second-order valence-electron chi connectivity index (χ2n) is 4.94. The molecule has 1 heterocycles. The number of carboxylic acid groups (broad SMARTS) is 1. The fourth-order valence-corrected chi connectivity index (χ4v) is 1.37. The Morgan fingerprint density at radius 2 is 1.76 bits per heavy atom. The van der Waals surface area contributed by atoms with Crippen molar-refractivity contribution in [2.45, 2.75) is 45.8 Å². The van der Waals surface area contributed by atoms with E-state index >= 15 is 0 Å². The molecule has 0 aromatic carbocycles. The van der Waals surface area contributed by atoms with Crippen molar-refractivity contribution < 1.29 is 19.5 Å². The van der Waals surface area contributed by atoms with E-state index < -0.39 is 29.9 Å². The topological polar surface area (TPSA) is 126 Å². The minimum atomic E-state index is -1.15. The molecule has 0 bridgehead atoms. The van der Waals surface area contributed by atoms with Crippen LogP contribution >= 0.6 is 0 Å². The fourth-order valence-electron chi connectivity index (χ4n) is 1.37. The van der Waals surface area contributed by atoms with Gasteiger partial charge in [0.2, 0.25) is 5.91 Å². The van der Waals surface area contributed by atoms with Crippen LogP contribution in [0.3, 0.4) is 0 Å². The molecule has 0 aliphatic rings. The van der Waals surface area contributed by atoms with Gasteiger partial charge in [0.05, 0.1) is 6.20 Å². The summed E-state index contributed by atoms with van der Waals surface area (Å²) >= 11 is 0. The summed E-state index contributed by atoms with van der Waals surface area (Å²) in [4.78, 5) is 34.2. The summed E-state index contributed by atoms with van der Waals surface area (Å²) in [5.74, 6) is -2.29. The van der Waals surface area contributed by atoms with E-state index in [-0.39, 0.29) is 11.7 Å². The van der Waals surface area contributed by atoms with Crippen LogP contribution in [0.15, 0.2) is 6.20 Å². The van der Waals surface area contributed by atoms with Crippen LogP contribution in [-0.4, -0.2) is 50.0 Å². The molecule has 21 heavy (non-hydrogen) atoms. The predicted molar refractivity (Wildman–Crippen MR) is 72.6 cm³/mol. The van der Waals surface area contributed by atoms with Crippen molar-refractivity contribution in [2.75, 3.05) is 0 Å². The first-order chi connectivity index (χ1) is 9.72. The average molecular weight is 297 g/mol. The number of aromatic nitrogens is 3. The number of carbonyl (C=O) groups excluding carboxylic acids is 2. The maximum atomic E-state index is 11.9. The lowest BCUT2D eigenvalue weighted by Gasteiger charge is -2.15.